The van der Waals surface area contributed by atoms with Gasteiger partial charge in [-0.05, 0) is 44.3 Å². The summed E-state index contributed by atoms with van der Waals surface area (Å²) in [7, 11) is -2.43. The molecular weight excluding hydrogens is 456 g/mol. The lowest BCUT2D eigenvalue weighted by Gasteiger charge is -2.37. The van der Waals surface area contributed by atoms with Crippen LogP contribution in [0.3, 0.4) is 0 Å². The third-order valence-corrected chi connectivity index (χ3v) is 8.66. The molecule has 0 aliphatic carbocycles. The van der Waals surface area contributed by atoms with E-state index in [1.807, 2.05) is 18.2 Å². The van der Waals surface area contributed by atoms with Gasteiger partial charge in [0.15, 0.2) is 0 Å². The molecule has 0 saturated carbocycles. The van der Waals surface area contributed by atoms with Gasteiger partial charge in [0.2, 0.25) is 10.0 Å². The molecule has 2 aromatic carbocycles. The first kappa shape index (κ1) is 22.2. The summed E-state index contributed by atoms with van der Waals surface area (Å²) in [4.78, 5) is 21.7. The van der Waals surface area contributed by atoms with Crippen molar-refractivity contribution < 1.29 is 13.2 Å². The van der Waals surface area contributed by atoms with Crippen LogP contribution in [0.4, 0.5) is 0 Å². The van der Waals surface area contributed by atoms with Crippen LogP contribution in [0.5, 0.6) is 0 Å². The van der Waals surface area contributed by atoms with Crippen molar-refractivity contribution in [3.8, 4) is 0 Å². The predicted molar refractivity (Wildman–Crippen MR) is 123 cm³/mol. The summed E-state index contributed by atoms with van der Waals surface area (Å²) < 4.78 is 27.7. The lowest BCUT2D eigenvalue weighted by Crippen LogP contribution is -2.49. The summed E-state index contributed by atoms with van der Waals surface area (Å²) in [5, 5.41) is 1.15. The number of carbonyl (C=O) groups excluding carboxylic acids is 1. The molecule has 1 atom stereocenters. The summed E-state index contributed by atoms with van der Waals surface area (Å²) in [5.41, 5.74) is 1.32. The molecule has 0 bridgehead atoms. The van der Waals surface area contributed by atoms with E-state index in [9.17, 15) is 13.2 Å². The van der Waals surface area contributed by atoms with E-state index in [1.54, 1.807) is 22.3 Å². The Hall–Kier alpha value is -2.04. The number of nitrogens with zero attached hydrogens (tertiary/aromatic N) is 3. The number of thiazole rings is 1. The molecule has 1 aliphatic rings. The quantitative estimate of drug-likeness (QED) is 0.608. The second-order valence-electron chi connectivity index (χ2n) is 7.38. The molecule has 1 amide bonds. The summed E-state index contributed by atoms with van der Waals surface area (Å²) >= 11 is 7.74. The molecule has 2 heterocycles. The van der Waals surface area contributed by atoms with Crippen molar-refractivity contribution >= 4 is 49.1 Å². The molecule has 1 N–H and O–H groups in total. The third-order valence-electron chi connectivity index (χ3n) is 5.55. The van der Waals surface area contributed by atoms with Gasteiger partial charge in [-0.1, -0.05) is 23.7 Å². The van der Waals surface area contributed by atoms with Crippen molar-refractivity contribution in [3.63, 3.8) is 0 Å². The highest BCUT2D eigenvalue weighted by Gasteiger charge is 2.28. The number of hydrogen-bond donors (Lipinski definition) is 1. The first-order valence-electron chi connectivity index (χ1n) is 9.92. The number of carbonyl (C=O) groups is 1. The van der Waals surface area contributed by atoms with E-state index in [-0.39, 0.29) is 21.9 Å². The highest BCUT2D eigenvalue weighted by Crippen LogP contribution is 2.30. The van der Waals surface area contributed by atoms with Crippen molar-refractivity contribution in [1.82, 2.24) is 19.5 Å². The second-order valence-corrected chi connectivity index (χ2v) is 10.7. The first-order valence-corrected chi connectivity index (χ1v) is 12.6. The first-order chi connectivity index (χ1) is 14.8. The highest BCUT2D eigenvalue weighted by atomic mass is 35.5. The van der Waals surface area contributed by atoms with Gasteiger partial charge in [0.1, 0.15) is 9.90 Å². The summed E-state index contributed by atoms with van der Waals surface area (Å²) in [5.74, 6) is -0.198. The minimum absolute atomic E-state index is 0.0837. The van der Waals surface area contributed by atoms with Crippen LogP contribution >= 0.6 is 22.9 Å². The fourth-order valence-corrected chi connectivity index (χ4v) is 5.97. The number of piperazine rings is 1. The van der Waals surface area contributed by atoms with E-state index in [2.05, 4.69) is 22.6 Å². The van der Waals surface area contributed by atoms with E-state index in [0.29, 0.717) is 18.7 Å². The van der Waals surface area contributed by atoms with Crippen LogP contribution in [0.15, 0.2) is 47.4 Å². The second kappa shape index (κ2) is 8.84. The Morgan fingerprint density at radius 2 is 1.87 bits per heavy atom. The zero-order valence-corrected chi connectivity index (χ0v) is 19.6. The average molecular weight is 479 g/mol. The molecule has 1 fully saturated rings. The van der Waals surface area contributed by atoms with E-state index in [1.165, 1.54) is 23.9 Å². The number of fused-ring (bicyclic) bond motifs is 1. The zero-order valence-electron chi connectivity index (χ0n) is 17.2. The van der Waals surface area contributed by atoms with Crippen molar-refractivity contribution in [1.29, 1.82) is 0 Å². The number of rotatable bonds is 5. The Labute approximate surface area is 190 Å². The molecule has 1 aromatic heterocycles. The third kappa shape index (κ3) is 4.47. The molecule has 4 rings (SSSR count). The van der Waals surface area contributed by atoms with Gasteiger partial charge in [-0.25, -0.2) is 18.1 Å². The molecule has 1 saturated heterocycles. The number of nitrogens with one attached hydrogen (secondary N) is 1. The van der Waals surface area contributed by atoms with Crippen molar-refractivity contribution in [2.75, 3.05) is 33.2 Å². The smallest absolute Gasteiger partial charge is 0.253 e. The summed E-state index contributed by atoms with van der Waals surface area (Å²) in [6.45, 7) is 4.70. The fraction of sp³-hybridized carbons (Fsp3) is 0.333. The maximum absolute atomic E-state index is 13.0. The van der Waals surface area contributed by atoms with Gasteiger partial charge in [-0.2, -0.15) is 0 Å². The monoisotopic (exact) mass is 478 g/mol. The topological polar surface area (TPSA) is 82.6 Å². The zero-order chi connectivity index (χ0) is 22.2. The van der Waals surface area contributed by atoms with Crippen LogP contribution < -0.4 is 4.72 Å². The van der Waals surface area contributed by atoms with Gasteiger partial charge in [-0.3, -0.25) is 9.69 Å². The lowest BCUT2D eigenvalue weighted by molar-refractivity contribution is 0.0582. The van der Waals surface area contributed by atoms with Crippen LogP contribution in [0, 0.1) is 0 Å². The van der Waals surface area contributed by atoms with E-state index in [4.69, 9.17) is 16.6 Å². The lowest BCUT2D eigenvalue weighted by atomic mass is 10.1. The van der Waals surface area contributed by atoms with Crippen LogP contribution in [0.1, 0.15) is 28.3 Å². The highest BCUT2D eigenvalue weighted by molar-refractivity contribution is 7.89. The number of sulfonamides is 1. The van der Waals surface area contributed by atoms with Gasteiger partial charge in [0, 0.05) is 31.7 Å². The van der Waals surface area contributed by atoms with Crippen LogP contribution in [0.2, 0.25) is 5.02 Å². The number of hydrogen-bond acceptors (Lipinski definition) is 6. The molecule has 3 aromatic rings. The van der Waals surface area contributed by atoms with Gasteiger partial charge in [0.05, 0.1) is 21.3 Å². The molecule has 0 radical (unpaired) electrons. The number of halogens is 1. The Morgan fingerprint density at radius 3 is 2.55 bits per heavy atom. The molecule has 164 valence electrons. The molecule has 0 unspecified atom stereocenters. The Morgan fingerprint density at radius 1 is 1.16 bits per heavy atom. The standard InChI is InChI=1S/C21H23ClN4O3S2/c1-14(20-24-17-5-3-4-6-18(17)30-20)25-9-11-26(12-10-25)21(27)15-7-8-16(22)19(13-15)31(28,29)23-2/h3-8,13-14,23H,9-12H2,1-2H3/t14-/m1/s1. The maximum atomic E-state index is 13.0. The van der Waals surface area contributed by atoms with Gasteiger partial charge < -0.3 is 4.90 Å². The Kier molecular flexibility index (Phi) is 6.32. The molecule has 10 heteroatoms. The van der Waals surface area contributed by atoms with E-state index >= 15 is 0 Å². The van der Waals surface area contributed by atoms with Gasteiger partial charge >= 0.3 is 0 Å². The Bertz CT molecular complexity index is 1190. The number of aromatic nitrogens is 1. The van der Waals surface area contributed by atoms with E-state index < -0.39 is 10.0 Å². The molecule has 1 aliphatic heterocycles. The maximum Gasteiger partial charge on any atom is 0.253 e. The summed E-state index contributed by atoms with van der Waals surface area (Å²) in [6.07, 6.45) is 0. The van der Waals surface area contributed by atoms with Crippen LogP contribution in [-0.2, 0) is 10.0 Å². The minimum atomic E-state index is -3.74. The molecule has 31 heavy (non-hydrogen) atoms. The summed E-state index contributed by atoms with van der Waals surface area (Å²) in [6, 6.07) is 12.6. The number of amides is 1. The fourth-order valence-electron chi connectivity index (χ4n) is 3.67. The molecule has 0 spiro atoms. The van der Waals surface area contributed by atoms with Gasteiger partial charge in [-0.15, -0.1) is 11.3 Å². The van der Waals surface area contributed by atoms with Crippen molar-refractivity contribution in [3.05, 3.63) is 58.1 Å². The van der Waals surface area contributed by atoms with Crippen molar-refractivity contribution in [2.24, 2.45) is 0 Å². The number of benzene rings is 2. The largest absolute Gasteiger partial charge is 0.336 e. The van der Waals surface area contributed by atoms with E-state index in [0.717, 1.165) is 23.6 Å². The van der Waals surface area contributed by atoms with Crippen molar-refractivity contribution in [2.45, 2.75) is 17.9 Å². The van der Waals surface area contributed by atoms with Crippen LogP contribution in [0.25, 0.3) is 10.2 Å². The normalized spacial score (nSPS) is 16.5. The van der Waals surface area contributed by atoms with Gasteiger partial charge in [0.25, 0.3) is 5.91 Å². The van der Waals surface area contributed by atoms with Crippen LogP contribution in [-0.4, -0.2) is 62.3 Å². The minimum Gasteiger partial charge on any atom is -0.336 e. The molecule has 7 nitrogen and oxygen atoms in total. The number of para-hydroxylation sites is 1. The SMILES string of the molecule is CNS(=O)(=O)c1cc(C(=O)N2CCN([C@H](C)c3nc4ccccc4s3)CC2)ccc1Cl. The Balaban J connectivity index is 1.45. The average Bonchev–Trinajstić information content (AvgIpc) is 3.23. The predicted octanol–water partition coefficient (Wildman–Crippen LogP) is 3.38. The molecular formula is C21H23ClN4O3S2.